The van der Waals surface area contributed by atoms with Gasteiger partial charge in [0.1, 0.15) is 6.04 Å². The van der Waals surface area contributed by atoms with E-state index in [-0.39, 0.29) is 18.0 Å². The number of ether oxygens (including phenoxy) is 2. The molecule has 0 aromatic heterocycles. The average Bonchev–Trinajstić information content (AvgIpc) is 2.89. The molecule has 7 nitrogen and oxygen atoms in total. The quantitative estimate of drug-likeness (QED) is 0.574. The molecule has 0 saturated carbocycles. The molecule has 0 bridgehead atoms. The normalized spacial score (nSPS) is 17.6. The minimum absolute atomic E-state index is 0.00885. The van der Waals surface area contributed by atoms with Crippen molar-refractivity contribution in [3.8, 4) is 11.5 Å². The zero-order chi connectivity index (χ0) is 24.8. The van der Waals surface area contributed by atoms with Crippen LogP contribution in [0, 0.1) is 0 Å². The molecule has 1 heterocycles. The molecular formula is C27H35N3O4S. The summed E-state index contributed by atoms with van der Waals surface area (Å²) in [5.41, 5.74) is 4.68. The van der Waals surface area contributed by atoms with E-state index in [1.165, 1.54) is 11.1 Å². The number of amides is 3. The highest BCUT2D eigenvalue weighted by Crippen LogP contribution is 2.33. The molecule has 8 heteroatoms. The van der Waals surface area contributed by atoms with E-state index in [2.05, 4.69) is 22.8 Å². The summed E-state index contributed by atoms with van der Waals surface area (Å²) in [5.74, 6) is 2.03. The van der Waals surface area contributed by atoms with Crippen molar-refractivity contribution in [3.05, 3.63) is 58.7 Å². The lowest BCUT2D eigenvalue weighted by atomic mass is 9.87. The minimum atomic E-state index is -0.573. The number of methoxy groups -OCH3 is 2. The van der Waals surface area contributed by atoms with Crippen molar-refractivity contribution in [2.45, 2.75) is 50.7 Å². The Morgan fingerprint density at radius 1 is 1.09 bits per heavy atom. The Hall–Kier alpha value is -2.87. The van der Waals surface area contributed by atoms with Crippen LogP contribution in [0.15, 0.2) is 36.4 Å². The van der Waals surface area contributed by atoms with E-state index < -0.39 is 6.04 Å². The third kappa shape index (κ3) is 5.86. The Labute approximate surface area is 211 Å². The number of nitrogens with zero attached hydrogens (tertiary/aromatic N) is 1. The summed E-state index contributed by atoms with van der Waals surface area (Å²) in [4.78, 5) is 28.3. The third-order valence-corrected chi connectivity index (χ3v) is 7.56. The zero-order valence-corrected chi connectivity index (χ0v) is 21.6. The zero-order valence-electron chi connectivity index (χ0n) is 20.8. The Kier molecular flexibility index (Phi) is 8.44. The standard InChI is InChI=1S/C27H35N3O4S/c1-33-24-15-19-11-13-30(17-20(19)16-25(24)34-2)27(32)29-23(12-14-35-3)26(31)28-22-10-6-8-18-7-4-5-9-21(18)22/h4-5,7,9,15-16,22-23H,6,8,10-14,17H2,1-3H3,(H,28,31)(H,29,32)/t22-,23+/m0/s1. The Bertz CT molecular complexity index is 1060. The third-order valence-electron chi connectivity index (χ3n) is 6.92. The monoisotopic (exact) mass is 497 g/mol. The fraction of sp³-hybridized carbons (Fsp3) is 0.481. The van der Waals surface area contributed by atoms with Crippen LogP contribution in [0.2, 0.25) is 0 Å². The first-order chi connectivity index (χ1) is 17.0. The van der Waals surface area contributed by atoms with Crippen molar-refractivity contribution >= 4 is 23.7 Å². The van der Waals surface area contributed by atoms with Gasteiger partial charge in [0.25, 0.3) is 0 Å². The number of benzene rings is 2. The molecule has 0 fully saturated rings. The number of hydrogen-bond acceptors (Lipinski definition) is 5. The van der Waals surface area contributed by atoms with E-state index in [0.717, 1.165) is 42.6 Å². The number of nitrogens with one attached hydrogen (secondary N) is 2. The summed E-state index contributed by atoms with van der Waals surface area (Å²) in [6, 6.07) is 11.4. The molecule has 4 rings (SSSR count). The largest absolute Gasteiger partial charge is 0.493 e. The summed E-state index contributed by atoms with van der Waals surface area (Å²) < 4.78 is 10.8. The molecule has 3 amide bonds. The summed E-state index contributed by atoms with van der Waals surface area (Å²) >= 11 is 1.67. The van der Waals surface area contributed by atoms with E-state index in [0.29, 0.717) is 31.0 Å². The van der Waals surface area contributed by atoms with Crippen LogP contribution in [0.1, 0.15) is 47.6 Å². The van der Waals surface area contributed by atoms with Gasteiger partial charge in [-0.2, -0.15) is 11.8 Å². The number of fused-ring (bicyclic) bond motifs is 2. The lowest BCUT2D eigenvalue weighted by Gasteiger charge is -2.32. The maximum Gasteiger partial charge on any atom is 0.318 e. The number of hydrogen-bond donors (Lipinski definition) is 2. The predicted octanol–water partition coefficient (Wildman–Crippen LogP) is 4.09. The van der Waals surface area contributed by atoms with Crippen LogP contribution in [0.4, 0.5) is 4.79 Å². The first kappa shape index (κ1) is 25.2. The van der Waals surface area contributed by atoms with Crippen LogP contribution in [0.25, 0.3) is 0 Å². The van der Waals surface area contributed by atoms with E-state index in [9.17, 15) is 9.59 Å². The molecular weight excluding hydrogens is 462 g/mol. The molecule has 35 heavy (non-hydrogen) atoms. The molecule has 1 aliphatic carbocycles. The second-order valence-electron chi connectivity index (χ2n) is 9.08. The lowest BCUT2D eigenvalue weighted by molar-refractivity contribution is -0.123. The van der Waals surface area contributed by atoms with Gasteiger partial charge in [0.05, 0.1) is 20.3 Å². The van der Waals surface area contributed by atoms with Crippen molar-refractivity contribution in [1.82, 2.24) is 15.5 Å². The molecule has 2 aromatic carbocycles. The Balaban J connectivity index is 1.43. The Morgan fingerprint density at radius 2 is 1.83 bits per heavy atom. The second kappa shape index (κ2) is 11.7. The van der Waals surface area contributed by atoms with Crippen molar-refractivity contribution in [2.24, 2.45) is 0 Å². The van der Waals surface area contributed by atoms with Crippen LogP contribution < -0.4 is 20.1 Å². The molecule has 0 saturated heterocycles. The summed E-state index contributed by atoms with van der Waals surface area (Å²) in [6.07, 6.45) is 6.33. The number of aryl methyl sites for hydroxylation is 1. The molecule has 2 atom stereocenters. The number of carbonyl (C=O) groups is 2. The van der Waals surface area contributed by atoms with E-state index in [1.807, 2.05) is 30.5 Å². The van der Waals surface area contributed by atoms with Crippen molar-refractivity contribution < 1.29 is 19.1 Å². The first-order valence-electron chi connectivity index (χ1n) is 12.2. The number of rotatable bonds is 8. The highest BCUT2D eigenvalue weighted by molar-refractivity contribution is 7.98. The highest BCUT2D eigenvalue weighted by atomic mass is 32.2. The van der Waals surface area contributed by atoms with Crippen LogP contribution >= 0.6 is 11.8 Å². The van der Waals surface area contributed by atoms with Gasteiger partial charge in [-0.25, -0.2) is 4.79 Å². The van der Waals surface area contributed by atoms with Gasteiger partial charge in [0.15, 0.2) is 11.5 Å². The van der Waals surface area contributed by atoms with Crippen molar-refractivity contribution in [3.63, 3.8) is 0 Å². The topological polar surface area (TPSA) is 79.9 Å². The van der Waals surface area contributed by atoms with Crippen LogP contribution in [0.3, 0.4) is 0 Å². The molecule has 188 valence electrons. The predicted molar refractivity (Wildman–Crippen MR) is 139 cm³/mol. The minimum Gasteiger partial charge on any atom is -0.493 e. The van der Waals surface area contributed by atoms with Gasteiger partial charge in [-0.15, -0.1) is 0 Å². The average molecular weight is 498 g/mol. The molecule has 2 aliphatic rings. The van der Waals surface area contributed by atoms with Gasteiger partial charge in [0, 0.05) is 13.1 Å². The maximum atomic E-state index is 13.3. The summed E-state index contributed by atoms with van der Waals surface area (Å²) in [5, 5.41) is 6.25. The Morgan fingerprint density at radius 3 is 2.57 bits per heavy atom. The van der Waals surface area contributed by atoms with Gasteiger partial charge in [-0.3, -0.25) is 4.79 Å². The molecule has 1 aliphatic heterocycles. The van der Waals surface area contributed by atoms with Crippen molar-refractivity contribution in [2.75, 3.05) is 32.8 Å². The SMILES string of the molecule is COc1cc2c(cc1OC)CN(C(=O)N[C@H](CCSC)C(=O)N[C@H]1CCCc3ccccc31)CC2. The highest BCUT2D eigenvalue weighted by Gasteiger charge is 2.29. The molecule has 2 N–H and O–H groups in total. The van der Waals surface area contributed by atoms with Crippen LogP contribution in [0.5, 0.6) is 11.5 Å². The van der Waals surface area contributed by atoms with Gasteiger partial charge in [0.2, 0.25) is 5.91 Å². The first-order valence-corrected chi connectivity index (χ1v) is 13.6. The molecule has 2 aromatic rings. The smallest absolute Gasteiger partial charge is 0.318 e. The fourth-order valence-electron chi connectivity index (χ4n) is 4.98. The molecule has 0 radical (unpaired) electrons. The number of urea groups is 1. The number of carbonyl (C=O) groups excluding carboxylic acids is 2. The van der Waals surface area contributed by atoms with Gasteiger partial charge in [-0.1, -0.05) is 24.3 Å². The van der Waals surface area contributed by atoms with E-state index >= 15 is 0 Å². The summed E-state index contributed by atoms with van der Waals surface area (Å²) in [7, 11) is 3.23. The summed E-state index contributed by atoms with van der Waals surface area (Å²) in [6.45, 7) is 1.05. The van der Waals surface area contributed by atoms with E-state index in [4.69, 9.17) is 9.47 Å². The van der Waals surface area contributed by atoms with E-state index in [1.54, 1.807) is 30.9 Å². The van der Waals surface area contributed by atoms with Crippen molar-refractivity contribution in [1.29, 1.82) is 0 Å². The molecule has 0 unspecified atom stereocenters. The second-order valence-corrected chi connectivity index (χ2v) is 10.1. The van der Waals surface area contributed by atoms with Crippen LogP contribution in [-0.4, -0.2) is 55.7 Å². The number of thioether (sulfide) groups is 1. The lowest BCUT2D eigenvalue weighted by Crippen LogP contribution is -2.52. The van der Waals surface area contributed by atoms with Gasteiger partial charge < -0.3 is 25.0 Å². The van der Waals surface area contributed by atoms with Crippen LogP contribution in [-0.2, 0) is 24.2 Å². The molecule has 0 spiro atoms. The maximum absolute atomic E-state index is 13.3. The van der Waals surface area contributed by atoms with Gasteiger partial charge >= 0.3 is 6.03 Å². The van der Waals surface area contributed by atoms with Gasteiger partial charge in [-0.05, 0) is 78.5 Å². The fourth-order valence-corrected chi connectivity index (χ4v) is 5.45.